The van der Waals surface area contributed by atoms with Crippen LogP contribution in [-0.4, -0.2) is 47.6 Å². The molecule has 0 spiro atoms. The first-order valence-corrected chi connectivity index (χ1v) is 7.96. The summed E-state index contributed by atoms with van der Waals surface area (Å²) in [5.74, 6) is 2.06. The molecule has 1 saturated carbocycles. The van der Waals surface area contributed by atoms with Crippen molar-refractivity contribution in [2.24, 2.45) is 5.92 Å². The lowest BCUT2D eigenvalue weighted by atomic mass is 9.84. The fourth-order valence-corrected chi connectivity index (χ4v) is 3.35. The first kappa shape index (κ1) is 13.8. The van der Waals surface area contributed by atoms with Gasteiger partial charge in [0, 0.05) is 44.5 Å². The molecule has 0 radical (unpaired) electrons. The Morgan fingerprint density at radius 2 is 1.95 bits per heavy atom. The Hall–Kier alpha value is -1.16. The number of likely N-dealkylation sites (tertiary alicyclic amines) is 1. The van der Waals surface area contributed by atoms with Crippen molar-refractivity contribution in [3.05, 3.63) is 18.1 Å². The maximum Gasteiger partial charge on any atom is 0.132 e. The van der Waals surface area contributed by atoms with Crippen LogP contribution in [0.25, 0.3) is 0 Å². The van der Waals surface area contributed by atoms with Gasteiger partial charge in [-0.25, -0.2) is 9.97 Å². The van der Waals surface area contributed by atoms with E-state index < -0.39 is 0 Å². The van der Waals surface area contributed by atoms with Gasteiger partial charge in [-0.1, -0.05) is 6.42 Å². The van der Waals surface area contributed by atoms with E-state index in [1.807, 2.05) is 6.92 Å². The van der Waals surface area contributed by atoms with Gasteiger partial charge >= 0.3 is 0 Å². The smallest absolute Gasteiger partial charge is 0.132 e. The van der Waals surface area contributed by atoms with Gasteiger partial charge < -0.3 is 9.80 Å². The quantitative estimate of drug-likeness (QED) is 0.844. The molecule has 1 aliphatic carbocycles. The molecule has 1 aromatic heterocycles. The number of anilines is 1. The van der Waals surface area contributed by atoms with E-state index in [-0.39, 0.29) is 0 Å². The Kier molecular flexibility index (Phi) is 4.20. The third-order valence-electron chi connectivity index (χ3n) is 5.00. The maximum absolute atomic E-state index is 4.41. The number of aryl methyl sites for hydroxylation is 1. The Morgan fingerprint density at radius 3 is 2.55 bits per heavy atom. The van der Waals surface area contributed by atoms with Crippen molar-refractivity contribution >= 4 is 5.82 Å². The fourth-order valence-electron chi connectivity index (χ4n) is 3.35. The van der Waals surface area contributed by atoms with E-state index in [0.29, 0.717) is 6.04 Å². The van der Waals surface area contributed by atoms with E-state index >= 15 is 0 Å². The summed E-state index contributed by atoms with van der Waals surface area (Å²) >= 11 is 0. The van der Waals surface area contributed by atoms with Crippen LogP contribution in [0.15, 0.2) is 12.4 Å². The second-order valence-corrected chi connectivity index (χ2v) is 6.46. The maximum atomic E-state index is 4.41. The first-order valence-electron chi connectivity index (χ1n) is 7.96. The molecule has 0 atom stereocenters. The van der Waals surface area contributed by atoms with Gasteiger partial charge in [0.1, 0.15) is 12.1 Å². The number of piperidine rings is 1. The molecular formula is C16H26N4. The van der Waals surface area contributed by atoms with Crippen LogP contribution < -0.4 is 4.90 Å². The van der Waals surface area contributed by atoms with E-state index in [1.54, 1.807) is 6.33 Å². The van der Waals surface area contributed by atoms with E-state index in [9.17, 15) is 0 Å². The minimum absolute atomic E-state index is 0.627. The molecule has 1 aromatic rings. The molecule has 0 bridgehead atoms. The molecule has 2 aliphatic rings. The van der Waals surface area contributed by atoms with Crippen LogP contribution in [0, 0.1) is 12.8 Å². The fraction of sp³-hybridized carbons (Fsp3) is 0.750. The Morgan fingerprint density at radius 1 is 1.20 bits per heavy atom. The molecule has 0 unspecified atom stereocenters. The highest BCUT2D eigenvalue weighted by molar-refractivity contribution is 5.39. The molecule has 4 heteroatoms. The predicted octanol–water partition coefficient (Wildman–Crippen LogP) is 2.49. The largest absolute Gasteiger partial charge is 0.356 e. The Bertz CT molecular complexity index is 436. The molecule has 2 fully saturated rings. The van der Waals surface area contributed by atoms with Gasteiger partial charge in [0.25, 0.3) is 0 Å². The molecule has 2 heterocycles. The van der Waals surface area contributed by atoms with Crippen LogP contribution in [0.3, 0.4) is 0 Å². The second-order valence-electron chi connectivity index (χ2n) is 6.46. The zero-order valence-electron chi connectivity index (χ0n) is 12.8. The standard InChI is InChI=1S/C16H26N4/c1-13-10-16(18-12-17-13)19(2)15-6-8-20(9-7-15)11-14-4-3-5-14/h10,12,14-15H,3-9,11H2,1-2H3. The molecule has 110 valence electrons. The predicted molar refractivity (Wildman–Crippen MR) is 82.0 cm³/mol. The summed E-state index contributed by atoms with van der Waals surface area (Å²) in [5.41, 5.74) is 1.05. The zero-order valence-corrected chi connectivity index (χ0v) is 12.8. The summed E-state index contributed by atoms with van der Waals surface area (Å²) in [6.07, 6.45) is 8.56. The van der Waals surface area contributed by atoms with Crippen LogP contribution in [0.2, 0.25) is 0 Å². The van der Waals surface area contributed by atoms with Crippen LogP contribution in [0.1, 0.15) is 37.8 Å². The van der Waals surface area contributed by atoms with Gasteiger partial charge in [-0.3, -0.25) is 0 Å². The number of hydrogen-bond acceptors (Lipinski definition) is 4. The number of nitrogens with zero attached hydrogens (tertiary/aromatic N) is 4. The molecule has 0 aromatic carbocycles. The molecular weight excluding hydrogens is 248 g/mol. The third-order valence-corrected chi connectivity index (χ3v) is 5.00. The SMILES string of the molecule is Cc1cc(N(C)C2CCN(CC3CCC3)CC2)ncn1. The summed E-state index contributed by atoms with van der Waals surface area (Å²) in [4.78, 5) is 13.6. The van der Waals surface area contributed by atoms with Crippen LogP contribution in [0.5, 0.6) is 0 Å². The average molecular weight is 274 g/mol. The van der Waals surface area contributed by atoms with Crippen LogP contribution >= 0.6 is 0 Å². The molecule has 0 N–H and O–H groups in total. The van der Waals surface area contributed by atoms with E-state index in [4.69, 9.17) is 0 Å². The van der Waals surface area contributed by atoms with Crippen molar-refractivity contribution in [2.75, 3.05) is 31.6 Å². The van der Waals surface area contributed by atoms with Crippen molar-refractivity contribution < 1.29 is 0 Å². The van der Waals surface area contributed by atoms with Crippen molar-refractivity contribution in [1.82, 2.24) is 14.9 Å². The van der Waals surface area contributed by atoms with Gasteiger partial charge in [-0.15, -0.1) is 0 Å². The Balaban J connectivity index is 1.52. The normalized spacial score (nSPS) is 21.7. The number of aromatic nitrogens is 2. The van der Waals surface area contributed by atoms with E-state index in [1.165, 1.54) is 51.7 Å². The summed E-state index contributed by atoms with van der Waals surface area (Å²) in [5, 5.41) is 0. The lowest BCUT2D eigenvalue weighted by molar-refractivity contribution is 0.146. The average Bonchev–Trinajstić information content (AvgIpc) is 2.43. The number of rotatable bonds is 4. The second kappa shape index (κ2) is 6.08. The van der Waals surface area contributed by atoms with Crippen molar-refractivity contribution in [1.29, 1.82) is 0 Å². The van der Waals surface area contributed by atoms with Crippen LogP contribution in [0.4, 0.5) is 5.82 Å². The van der Waals surface area contributed by atoms with E-state index in [0.717, 1.165) is 17.4 Å². The minimum Gasteiger partial charge on any atom is -0.356 e. The molecule has 20 heavy (non-hydrogen) atoms. The van der Waals surface area contributed by atoms with Crippen molar-refractivity contribution in [2.45, 2.75) is 45.1 Å². The monoisotopic (exact) mass is 274 g/mol. The van der Waals surface area contributed by atoms with Gasteiger partial charge in [0.05, 0.1) is 0 Å². The highest BCUT2D eigenvalue weighted by atomic mass is 15.2. The van der Waals surface area contributed by atoms with Crippen LogP contribution in [-0.2, 0) is 0 Å². The molecule has 1 saturated heterocycles. The van der Waals surface area contributed by atoms with E-state index in [2.05, 4.69) is 32.9 Å². The van der Waals surface area contributed by atoms with Crippen molar-refractivity contribution in [3.8, 4) is 0 Å². The minimum atomic E-state index is 0.627. The Labute approximate surface area is 122 Å². The van der Waals surface area contributed by atoms with Gasteiger partial charge in [-0.2, -0.15) is 0 Å². The molecule has 1 aliphatic heterocycles. The lowest BCUT2D eigenvalue weighted by Crippen LogP contribution is -2.45. The van der Waals surface area contributed by atoms with Gasteiger partial charge in [0.15, 0.2) is 0 Å². The first-order chi connectivity index (χ1) is 9.72. The lowest BCUT2D eigenvalue weighted by Gasteiger charge is -2.40. The topological polar surface area (TPSA) is 32.3 Å². The highest BCUT2D eigenvalue weighted by Crippen LogP contribution is 2.28. The van der Waals surface area contributed by atoms with Gasteiger partial charge in [0.2, 0.25) is 0 Å². The highest BCUT2D eigenvalue weighted by Gasteiger charge is 2.26. The molecule has 4 nitrogen and oxygen atoms in total. The van der Waals surface area contributed by atoms with Gasteiger partial charge in [-0.05, 0) is 38.5 Å². The summed E-state index contributed by atoms with van der Waals surface area (Å²) in [7, 11) is 2.17. The summed E-state index contributed by atoms with van der Waals surface area (Å²) < 4.78 is 0. The molecule has 3 rings (SSSR count). The number of hydrogen-bond donors (Lipinski definition) is 0. The third kappa shape index (κ3) is 3.11. The molecule has 0 amide bonds. The summed E-state index contributed by atoms with van der Waals surface area (Å²) in [6.45, 7) is 5.86. The van der Waals surface area contributed by atoms with Crippen molar-refractivity contribution in [3.63, 3.8) is 0 Å². The zero-order chi connectivity index (χ0) is 13.9. The summed E-state index contributed by atoms with van der Waals surface area (Å²) in [6, 6.07) is 2.71.